The lowest BCUT2D eigenvalue weighted by Crippen LogP contribution is -2.35. The Balaban J connectivity index is 2.80. The van der Waals surface area contributed by atoms with Gasteiger partial charge in [0.2, 0.25) is 0 Å². The van der Waals surface area contributed by atoms with Crippen LogP contribution in [0.3, 0.4) is 0 Å². The summed E-state index contributed by atoms with van der Waals surface area (Å²) in [7, 11) is 0. The molecule has 2 atom stereocenters. The third kappa shape index (κ3) is 1.16. The van der Waals surface area contributed by atoms with E-state index >= 15 is 0 Å². The summed E-state index contributed by atoms with van der Waals surface area (Å²) in [4.78, 5) is -1.07. The van der Waals surface area contributed by atoms with Crippen molar-refractivity contribution in [1.29, 1.82) is 5.26 Å². The topological polar surface area (TPSA) is 44.0 Å². The second-order valence-corrected chi connectivity index (χ2v) is 3.06. The summed E-state index contributed by atoms with van der Waals surface area (Å²) in [5.74, 6) is 0. The Morgan fingerprint density at radius 3 is 2.90 bits per heavy atom. The summed E-state index contributed by atoms with van der Waals surface area (Å²) in [6.45, 7) is 0. The first-order valence-corrected chi connectivity index (χ1v) is 3.52. The van der Waals surface area contributed by atoms with E-state index in [1.165, 1.54) is 0 Å². The van der Waals surface area contributed by atoms with E-state index in [1.807, 2.05) is 12.1 Å². The van der Waals surface area contributed by atoms with Gasteiger partial charge in [-0.15, -0.1) is 0 Å². The highest BCUT2D eigenvalue weighted by atomic mass is 35.5. The molecule has 3 heteroatoms. The van der Waals surface area contributed by atoms with Crippen LogP contribution in [0, 0.1) is 11.3 Å². The minimum absolute atomic E-state index is 0.530. The van der Waals surface area contributed by atoms with Crippen LogP contribution in [-0.4, -0.2) is 16.1 Å². The lowest BCUT2D eigenvalue weighted by Gasteiger charge is -2.25. The van der Waals surface area contributed by atoms with Gasteiger partial charge >= 0.3 is 0 Å². The molecule has 1 aliphatic rings. The zero-order valence-corrected chi connectivity index (χ0v) is 6.17. The van der Waals surface area contributed by atoms with Gasteiger partial charge in [-0.1, -0.05) is 23.8 Å². The van der Waals surface area contributed by atoms with Crippen molar-refractivity contribution in [2.45, 2.75) is 23.8 Å². The minimum Gasteiger partial charge on any atom is -0.386 e. The molecule has 1 N–H and O–H groups in total. The third-order valence-electron chi connectivity index (χ3n) is 1.65. The van der Waals surface area contributed by atoms with Crippen molar-refractivity contribution in [1.82, 2.24) is 0 Å². The van der Waals surface area contributed by atoms with Crippen LogP contribution >= 0.6 is 11.6 Å². The molecule has 54 valence electrons. The van der Waals surface area contributed by atoms with Crippen molar-refractivity contribution in [2.24, 2.45) is 0 Å². The molecular formula is C7H8ClNO. The normalized spacial score (nSPS) is 39.1. The molecular weight excluding hydrogens is 150 g/mol. The largest absolute Gasteiger partial charge is 0.386 e. The summed E-state index contributed by atoms with van der Waals surface area (Å²) in [6, 6.07) is 1.89. The van der Waals surface area contributed by atoms with Crippen molar-refractivity contribution in [2.75, 3.05) is 0 Å². The first-order chi connectivity index (χ1) is 4.69. The second-order valence-electron chi connectivity index (χ2n) is 2.39. The highest BCUT2D eigenvalue weighted by Crippen LogP contribution is 2.29. The predicted molar refractivity (Wildman–Crippen MR) is 38.6 cm³/mol. The van der Waals surface area contributed by atoms with Crippen LogP contribution in [0.4, 0.5) is 0 Å². The maximum Gasteiger partial charge on any atom is 0.160 e. The van der Waals surface area contributed by atoms with Gasteiger partial charge in [-0.25, -0.2) is 0 Å². The fourth-order valence-corrected chi connectivity index (χ4v) is 1.12. The summed E-state index contributed by atoms with van der Waals surface area (Å²) >= 11 is 5.75. The van der Waals surface area contributed by atoms with E-state index < -0.39 is 11.0 Å². The molecule has 0 fully saturated rings. The number of rotatable bonds is 0. The Hall–Kier alpha value is -0.520. The summed E-state index contributed by atoms with van der Waals surface area (Å²) in [5.41, 5.74) is 0. The number of alkyl halides is 1. The molecule has 0 aromatic rings. The van der Waals surface area contributed by atoms with Crippen molar-refractivity contribution in [3.8, 4) is 6.07 Å². The predicted octanol–water partition coefficient (Wildman–Crippen LogP) is 1.20. The Kier molecular flexibility index (Phi) is 1.98. The fourth-order valence-electron chi connectivity index (χ4n) is 0.941. The van der Waals surface area contributed by atoms with Crippen LogP contribution in [0.25, 0.3) is 0 Å². The van der Waals surface area contributed by atoms with E-state index in [2.05, 4.69) is 0 Å². The summed E-state index contributed by atoms with van der Waals surface area (Å²) in [6.07, 6.45) is 3.90. The number of nitriles is 1. The molecule has 0 saturated carbocycles. The minimum atomic E-state index is -1.07. The molecule has 2 nitrogen and oxygen atoms in total. The zero-order chi connectivity index (χ0) is 7.61. The molecule has 0 saturated heterocycles. The molecule has 0 amide bonds. The first kappa shape index (κ1) is 7.59. The Morgan fingerprint density at radius 1 is 1.80 bits per heavy atom. The highest BCUT2D eigenvalue weighted by Gasteiger charge is 2.35. The van der Waals surface area contributed by atoms with Crippen molar-refractivity contribution in [3.63, 3.8) is 0 Å². The highest BCUT2D eigenvalue weighted by molar-refractivity contribution is 6.26. The van der Waals surface area contributed by atoms with Gasteiger partial charge in [-0.05, 0) is 12.8 Å². The number of hydrogen-bond donors (Lipinski definition) is 1. The molecule has 0 spiro atoms. The Bertz CT molecular complexity index is 196. The van der Waals surface area contributed by atoms with Crippen LogP contribution in [-0.2, 0) is 0 Å². The molecule has 0 aromatic carbocycles. The lowest BCUT2D eigenvalue weighted by molar-refractivity contribution is 0.183. The smallest absolute Gasteiger partial charge is 0.160 e. The fraction of sp³-hybridized carbons (Fsp3) is 0.571. The molecule has 2 unspecified atom stereocenters. The van der Waals surface area contributed by atoms with E-state index in [1.54, 1.807) is 6.08 Å². The number of aliphatic hydroxyl groups excluding tert-OH is 1. The Morgan fingerprint density at radius 2 is 2.50 bits per heavy atom. The molecule has 1 rings (SSSR count). The Labute approximate surface area is 64.7 Å². The van der Waals surface area contributed by atoms with E-state index in [9.17, 15) is 5.11 Å². The van der Waals surface area contributed by atoms with Gasteiger partial charge in [-0.3, -0.25) is 0 Å². The van der Waals surface area contributed by atoms with Gasteiger partial charge in [0.15, 0.2) is 4.87 Å². The van der Waals surface area contributed by atoms with E-state index in [0.717, 1.165) is 6.42 Å². The van der Waals surface area contributed by atoms with Gasteiger partial charge in [0.05, 0.1) is 6.07 Å². The van der Waals surface area contributed by atoms with Crippen LogP contribution in [0.15, 0.2) is 12.2 Å². The number of hydrogen-bond acceptors (Lipinski definition) is 2. The van der Waals surface area contributed by atoms with E-state index in [-0.39, 0.29) is 0 Å². The van der Waals surface area contributed by atoms with Gasteiger partial charge < -0.3 is 5.11 Å². The van der Waals surface area contributed by atoms with Gasteiger partial charge in [0.25, 0.3) is 0 Å². The van der Waals surface area contributed by atoms with E-state index in [4.69, 9.17) is 16.9 Å². The summed E-state index contributed by atoms with van der Waals surface area (Å²) in [5, 5.41) is 17.7. The average Bonchev–Trinajstić information content (AvgIpc) is 1.96. The van der Waals surface area contributed by atoms with Crippen molar-refractivity contribution in [3.05, 3.63) is 12.2 Å². The SMILES string of the molecule is N#CC1(Cl)CCC=CC1O. The van der Waals surface area contributed by atoms with Crippen molar-refractivity contribution < 1.29 is 5.11 Å². The third-order valence-corrected chi connectivity index (χ3v) is 2.14. The lowest BCUT2D eigenvalue weighted by atomic mass is 9.92. The summed E-state index contributed by atoms with van der Waals surface area (Å²) < 4.78 is 0. The van der Waals surface area contributed by atoms with Gasteiger partial charge in [-0.2, -0.15) is 5.26 Å². The van der Waals surface area contributed by atoms with E-state index in [0.29, 0.717) is 6.42 Å². The zero-order valence-electron chi connectivity index (χ0n) is 5.42. The number of aliphatic hydroxyl groups is 1. The number of allylic oxidation sites excluding steroid dienone is 1. The number of nitrogens with zero attached hydrogens (tertiary/aromatic N) is 1. The molecule has 0 radical (unpaired) electrons. The monoisotopic (exact) mass is 157 g/mol. The van der Waals surface area contributed by atoms with Crippen LogP contribution < -0.4 is 0 Å². The molecule has 10 heavy (non-hydrogen) atoms. The van der Waals surface area contributed by atoms with Crippen molar-refractivity contribution >= 4 is 11.6 Å². The molecule has 0 heterocycles. The molecule has 1 aliphatic carbocycles. The molecule has 0 bridgehead atoms. The van der Waals surface area contributed by atoms with Crippen LogP contribution in [0.1, 0.15) is 12.8 Å². The second kappa shape index (κ2) is 2.61. The van der Waals surface area contributed by atoms with Crippen LogP contribution in [0.2, 0.25) is 0 Å². The van der Waals surface area contributed by atoms with Gasteiger partial charge in [0.1, 0.15) is 6.10 Å². The quantitative estimate of drug-likeness (QED) is 0.424. The maximum atomic E-state index is 9.19. The van der Waals surface area contributed by atoms with Crippen LogP contribution in [0.5, 0.6) is 0 Å². The maximum absolute atomic E-state index is 9.19. The average molecular weight is 158 g/mol. The molecule has 0 aromatic heterocycles. The molecule has 0 aliphatic heterocycles. The first-order valence-electron chi connectivity index (χ1n) is 3.14. The van der Waals surface area contributed by atoms with Gasteiger partial charge in [0, 0.05) is 0 Å². The number of halogens is 1. The standard InChI is InChI=1S/C7H8ClNO/c8-7(5-9)4-2-1-3-6(7)10/h1,3,6,10H,2,4H2.